The summed E-state index contributed by atoms with van der Waals surface area (Å²) < 4.78 is 2.08. The number of aryl methyl sites for hydroxylation is 1. The predicted octanol–water partition coefficient (Wildman–Crippen LogP) is 3.52. The van der Waals surface area contributed by atoms with Crippen molar-refractivity contribution in [1.82, 2.24) is 30.4 Å². The van der Waals surface area contributed by atoms with Crippen LogP contribution in [0.4, 0.5) is 0 Å². The van der Waals surface area contributed by atoms with Gasteiger partial charge >= 0.3 is 0 Å². The van der Waals surface area contributed by atoms with Crippen LogP contribution in [0.2, 0.25) is 0 Å². The van der Waals surface area contributed by atoms with Crippen LogP contribution in [0.15, 0.2) is 41.8 Å². The van der Waals surface area contributed by atoms with Crippen molar-refractivity contribution in [3.63, 3.8) is 0 Å². The van der Waals surface area contributed by atoms with E-state index in [-0.39, 0.29) is 24.0 Å². The van der Waals surface area contributed by atoms with Gasteiger partial charge in [-0.1, -0.05) is 32.0 Å². The summed E-state index contributed by atoms with van der Waals surface area (Å²) in [4.78, 5) is 8.13. The number of nitrogens with one attached hydrogen (secondary N) is 3. The lowest BCUT2D eigenvalue weighted by atomic mass is 10.1. The van der Waals surface area contributed by atoms with E-state index in [1.165, 1.54) is 16.5 Å². The van der Waals surface area contributed by atoms with Crippen molar-refractivity contribution in [2.45, 2.75) is 52.6 Å². The third kappa shape index (κ3) is 6.45. The minimum Gasteiger partial charge on any atom is -0.361 e. The van der Waals surface area contributed by atoms with E-state index in [9.17, 15) is 0 Å². The number of nitrogens with zero attached hydrogens (tertiary/aromatic N) is 4. The van der Waals surface area contributed by atoms with Gasteiger partial charge in [0, 0.05) is 49.2 Å². The Morgan fingerprint density at radius 3 is 2.90 bits per heavy atom. The van der Waals surface area contributed by atoms with Crippen LogP contribution in [0.5, 0.6) is 0 Å². The fourth-order valence-corrected chi connectivity index (χ4v) is 3.15. The van der Waals surface area contributed by atoms with Crippen molar-refractivity contribution in [3.8, 4) is 0 Å². The van der Waals surface area contributed by atoms with Gasteiger partial charge in [0.15, 0.2) is 5.96 Å². The van der Waals surface area contributed by atoms with E-state index >= 15 is 0 Å². The summed E-state index contributed by atoms with van der Waals surface area (Å²) in [6.45, 7) is 8.77. The molecule has 0 radical (unpaired) electrons. The molecule has 0 fully saturated rings. The normalized spacial score (nSPS) is 12.6. The van der Waals surface area contributed by atoms with Crippen LogP contribution in [0.3, 0.4) is 0 Å². The lowest BCUT2D eigenvalue weighted by molar-refractivity contribution is 0.599. The zero-order chi connectivity index (χ0) is 19.8. The van der Waals surface area contributed by atoms with Gasteiger partial charge in [-0.05, 0) is 31.4 Å². The number of aliphatic imine (C=N–C) groups is 1. The first-order valence-electron chi connectivity index (χ1n) is 10.2. The van der Waals surface area contributed by atoms with E-state index in [0.717, 1.165) is 50.7 Å². The summed E-state index contributed by atoms with van der Waals surface area (Å²) >= 11 is 0. The maximum absolute atomic E-state index is 4.79. The van der Waals surface area contributed by atoms with Crippen molar-refractivity contribution in [2.75, 3.05) is 13.1 Å². The Balaban J connectivity index is 0.00000300. The van der Waals surface area contributed by atoms with Crippen molar-refractivity contribution in [2.24, 2.45) is 4.99 Å². The largest absolute Gasteiger partial charge is 0.361 e. The third-order valence-corrected chi connectivity index (χ3v) is 4.98. The number of benzene rings is 1. The van der Waals surface area contributed by atoms with E-state index in [1.54, 1.807) is 6.33 Å². The number of halogens is 1. The van der Waals surface area contributed by atoms with E-state index in [0.29, 0.717) is 6.04 Å². The van der Waals surface area contributed by atoms with E-state index < -0.39 is 0 Å². The van der Waals surface area contributed by atoms with Gasteiger partial charge in [0.2, 0.25) is 0 Å². The molecule has 2 heterocycles. The monoisotopic (exact) mass is 509 g/mol. The van der Waals surface area contributed by atoms with Crippen molar-refractivity contribution in [1.29, 1.82) is 0 Å². The molecule has 158 valence electrons. The van der Waals surface area contributed by atoms with Crippen molar-refractivity contribution < 1.29 is 0 Å². The Morgan fingerprint density at radius 2 is 2.10 bits per heavy atom. The molecule has 0 aliphatic heterocycles. The second-order valence-electron chi connectivity index (χ2n) is 7.01. The number of hydrogen-bond acceptors (Lipinski definition) is 3. The quantitative estimate of drug-likeness (QED) is 0.234. The number of aromatic nitrogens is 4. The molecule has 1 aromatic carbocycles. The Bertz CT molecular complexity index is 899. The Labute approximate surface area is 189 Å². The molecule has 0 spiro atoms. The molecule has 29 heavy (non-hydrogen) atoms. The minimum absolute atomic E-state index is 0. The van der Waals surface area contributed by atoms with E-state index in [4.69, 9.17) is 4.99 Å². The number of H-pyrrole nitrogens is 1. The number of aromatic amines is 1. The highest BCUT2D eigenvalue weighted by Crippen LogP contribution is 2.17. The second-order valence-corrected chi connectivity index (χ2v) is 7.01. The van der Waals surface area contributed by atoms with Crippen molar-refractivity contribution in [3.05, 3.63) is 48.2 Å². The van der Waals surface area contributed by atoms with Crippen LogP contribution in [0, 0.1) is 0 Å². The van der Waals surface area contributed by atoms with E-state index in [2.05, 4.69) is 81.6 Å². The number of para-hydroxylation sites is 1. The highest BCUT2D eigenvalue weighted by atomic mass is 127. The average Bonchev–Trinajstić information content (AvgIpc) is 3.34. The maximum Gasteiger partial charge on any atom is 0.191 e. The first-order valence-corrected chi connectivity index (χ1v) is 10.2. The molecule has 8 heteroatoms. The van der Waals surface area contributed by atoms with Crippen LogP contribution in [-0.2, 0) is 19.4 Å². The van der Waals surface area contributed by atoms with Crippen molar-refractivity contribution >= 4 is 40.8 Å². The summed E-state index contributed by atoms with van der Waals surface area (Å²) in [6, 6.07) is 8.77. The van der Waals surface area contributed by atoms with Crippen LogP contribution in [-0.4, -0.2) is 44.8 Å². The highest BCUT2D eigenvalue weighted by molar-refractivity contribution is 14.0. The van der Waals surface area contributed by atoms with Gasteiger partial charge < -0.3 is 20.2 Å². The topological polar surface area (TPSA) is 82.9 Å². The van der Waals surface area contributed by atoms with Gasteiger partial charge in [-0.15, -0.1) is 34.2 Å². The summed E-state index contributed by atoms with van der Waals surface area (Å²) in [7, 11) is 0. The molecule has 1 unspecified atom stereocenters. The van der Waals surface area contributed by atoms with Gasteiger partial charge in [-0.2, -0.15) is 0 Å². The molecule has 0 amide bonds. The molecule has 7 nitrogen and oxygen atoms in total. The molecule has 2 aromatic heterocycles. The molecular formula is C21H32IN7. The highest BCUT2D eigenvalue weighted by Gasteiger charge is 2.06. The SMILES string of the molecule is CCc1nncn1CCNC(=NCCc1c[nH]c2ccccc12)NC(C)CC.I. The van der Waals surface area contributed by atoms with Crippen LogP contribution in [0.1, 0.15) is 38.6 Å². The molecule has 3 N–H and O–H groups in total. The predicted molar refractivity (Wildman–Crippen MR) is 130 cm³/mol. The molecular weight excluding hydrogens is 477 g/mol. The van der Waals surface area contributed by atoms with Crippen LogP contribution in [0.25, 0.3) is 10.9 Å². The minimum atomic E-state index is 0. The van der Waals surface area contributed by atoms with Crippen LogP contribution >= 0.6 is 24.0 Å². The van der Waals surface area contributed by atoms with Crippen LogP contribution < -0.4 is 10.6 Å². The first kappa shape index (κ1) is 23.2. The number of rotatable bonds is 9. The number of hydrogen-bond donors (Lipinski definition) is 3. The Kier molecular flexibility index (Phi) is 9.43. The Morgan fingerprint density at radius 1 is 1.28 bits per heavy atom. The van der Waals surface area contributed by atoms with Gasteiger partial charge in [-0.3, -0.25) is 4.99 Å². The third-order valence-electron chi connectivity index (χ3n) is 4.98. The summed E-state index contributed by atoms with van der Waals surface area (Å²) in [6.07, 6.45) is 6.72. The molecule has 0 saturated heterocycles. The molecule has 3 aromatic rings. The van der Waals surface area contributed by atoms with Gasteiger partial charge in [0.1, 0.15) is 12.2 Å². The maximum atomic E-state index is 4.79. The zero-order valence-corrected chi connectivity index (χ0v) is 19.8. The Hall–Kier alpha value is -2.10. The number of guanidine groups is 1. The lowest BCUT2D eigenvalue weighted by Gasteiger charge is -2.17. The standard InChI is InChI=1S/C21H31N7.HI/c1-4-16(3)26-21(23-12-13-28-15-25-27-20(28)5-2)22-11-10-17-14-24-19-9-7-6-8-18(17)19;/h6-9,14-16,24H,4-5,10-13H2,1-3H3,(H2,22,23,26);1H. The fourth-order valence-electron chi connectivity index (χ4n) is 3.15. The molecule has 1 atom stereocenters. The summed E-state index contributed by atoms with van der Waals surface area (Å²) in [5, 5.41) is 16.3. The fraction of sp³-hybridized carbons (Fsp3) is 0.476. The van der Waals surface area contributed by atoms with Gasteiger partial charge in [-0.25, -0.2) is 0 Å². The van der Waals surface area contributed by atoms with Gasteiger partial charge in [0.25, 0.3) is 0 Å². The molecule has 0 aliphatic carbocycles. The van der Waals surface area contributed by atoms with Gasteiger partial charge in [0.05, 0.1) is 0 Å². The molecule has 0 aliphatic rings. The smallest absolute Gasteiger partial charge is 0.191 e. The summed E-state index contributed by atoms with van der Waals surface area (Å²) in [5.41, 5.74) is 2.48. The zero-order valence-electron chi connectivity index (χ0n) is 17.5. The summed E-state index contributed by atoms with van der Waals surface area (Å²) in [5.74, 6) is 1.87. The first-order chi connectivity index (χ1) is 13.7. The second kappa shape index (κ2) is 11.8. The lowest BCUT2D eigenvalue weighted by Crippen LogP contribution is -2.43. The molecule has 3 rings (SSSR count). The van der Waals surface area contributed by atoms with E-state index in [1.807, 2.05) is 0 Å². The average molecular weight is 509 g/mol. The molecule has 0 bridgehead atoms. The molecule has 0 saturated carbocycles. The number of fused-ring (bicyclic) bond motifs is 1.